The number of hydrogen-bond donors (Lipinski definition) is 1. The Morgan fingerprint density at radius 3 is 2.41 bits per heavy atom. The summed E-state index contributed by atoms with van der Waals surface area (Å²) in [5.41, 5.74) is 11.2. The summed E-state index contributed by atoms with van der Waals surface area (Å²) in [6.45, 7) is 0.548. The highest BCUT2D eigenvalue weighted by Crippen LogP contribution is 2.45. The van der Waals surface area contributed by atoms with Gasteiger partial charge in [-0.25, -0.2) is 8.42 Å². The van der Waals surface area contributed by atoms with E-state index in [9.17, 15) is 8.42 Å². The molecule has 0 bridgehead atoms. The number of fused-ring (bicyclic) bond motifs is 1. The summed E-state index contributed by atoms with van der Waals surface area (Å²) in [7, 11) is -1.51. The molecule has 2 heterocycles. The fourth-order valence-corrected chi connectivity index (χ4v) is 6.04. The Morgan fingerprint density at radius 2 is 1.83 bits per heavy atom. The Morgan fingerprint density at radius 1 is 1.07 bits per heavy atom. The van der Waals surface area contributed by atoms with Gasteiger partial charge >= 0.3 is 0 Å². The molecule has 0 atom stereocenters. The van der Waals surface area contributed by atoms with E-state index >= 15 is 0 Å². The van der Waals surface area contributed by atoms with Crippen molar-refractivity contribution in [2.45, 2.75) is 31.7 Å². The van der Waals surface area contributed by atoms with Crippen molar-refractivity contribution in [1.29, 1.82) is 0 Å². The molecule has 0 radical (unpaired) electrons. The number of anilines is 2. The number of nitrogens with two attached hydrogens (primary N) is 1. The number of nitrogens with zero attached hydrogens (tertiary/aromatic N) is 2. The first-order valence-electron chi connectivity index (χ1n) is 10.1. The van der Waals surface area contributed by atoms with Crippen molar-refractivity contribution < 1.29 is 13.2 Å². The van der Waals surface area contributed by atoms with Gasteiger partial charge in [0.25, 0.3) is 0 Å². The lowest BCUT2D eigenvalue weighted by atomic mass is 9.92. The minimum Gasteiger partial charge on any atom is -0.497 e. The minimum atomic E-state index is -3.18. The van der Waals surface area contributed by atoms with Crippen LogP contribution in [0.15, 0.2) is 42.5 Å². The summed E-state index contributed by atoms with van der Waals surface area (Å²) in [4.78, 5) is 0. The van der Waals surface area contributed by atoms with Crippen molar-refractivity contribution in [3.8, 4) is 17.0 Å². The van der Waals surface area contributed by atoms with E-state index in [4.69, 9.17) is 10.5 Å². The Hall–Kier alpha value is -2.67. The normalized spacial score (nSPS) is 18.9. The van der Waals surface area contributed by atoms with Crippen LogP contribution >= 0.6 is 0 Å². The monoisotopic (exact) mass is 411 g/mol. The molecule has 0 unspecified atom stereocenters. The maximum atomic E-state index is 12.2. The first kappa shape index (κ1) is 18.4. The predicted molar refractivity (Wildman–Crippen MR) is 117 cm³/mol. The average molecular weight is 412 g/mol. The highest BCUT2D eigenvalue weighted by molar-refractivity contribution is 7.93. The first-order valence-corrected chi connectivity index (χ1v) is 11.7. The van der Waals surface area contributed by atoms with Crippen LogP contribution in [0, 0.1) is 0 Å². The van der Waals surface area contributed by atoms with Gasteiger partial charge in [-0.15, -0.1) is 0 Å². The molecule has 2 aliphatic rings. The SMILES string of the molecule is COc1ccc2c(N)c(-c3ccc(N4CCCS4(=O)=O)cc3)n(C3CCC3)c2c1. The molecule has 0 spiro atoms. The van der Waals surface area contributed by atoms with Crippen LogP contribution in [0.4, 0.5) is 11.4 Å². The van der Waals surface area contributed by atoms with E-state index in [0.717, 1.165) is 52.1 Å². The van der Waals surface area contributed by atoms with Crippen molar-refractivity contribution in [1.82, 2.24) is 4.57 Å². The standard InChI is InChI=1S/C22H25N3O3S/c1-28-18-10-11-19-20(14-18)25(17-4-2-5-17)22(21(19)23)15-6-8-16(9-7-15)24-12-3-13-29(24,26)27/h6-11,14,17H,2-5,12-13,23H2,1H3. The zero-order valence-corrected chi connectivity index (χ0v) is 17.3. The molecule has 7 heteroatoms. The van der Waals surface area contributed by atoms with Crippen molar-refractivity contribution in [2.75, 3.05) is 29.4 Å². The quantitative estimate of drug-likeness (QED) is 0.699. The average Bonchev–Trinajstić information content (AvgIpc) is 3.17. The van der Waals surface area contributed by atoms with Crippen LogP contribution < -0.4 is 14.8 Å². The molecule has 5 rings (SSSR count). The van der Waals surface area contributed by atoms with Crippen LogP contribution in [0.25, 0.3) is 22.2 Å². The molecule has 2 fully saturated rings. The number of hydrogen-bond acceptors (Lipinski definition) is 4. The van der Waals surface area contributed by atoms with Crippen molar-refractivity contribution in [3.63, 3.8) is 0 Å². The Bertz CT molecular complexity index is 1180. The number of aromatic nitrogens is 1. The van der Waals surface area contributed by atoms with Gasteiger partial charge in [-0.05, 0) is 49.9 Å². The highest BCUT2D eigenvalue weighted by atomic mass is 32.2. The third-order valence-corrected chi connectivity index (χ3v) is 8.09. The first-order chi connectivity index (χ1) is 14.0. The summed E-state index contributed by atoms with van der Waals surface area (Å²) in [6.07, 6.45) is 4.17. The summed E-state index contributed by atoms with van der Waals surface area (Å²) in [5.74, 6) is 1.04. The summed E-state index contributed by atoms with van der Waals surface area (Å²) in [6, 6.07) is 14.2. The number of methoxy groups -OCH3 is 1. The van der Waals surface area contributed by atoms with E-state index in [1.807, 2.05) is 36.4 Å². The lowest BCUT2D eigenvalue weighted by molar-refractivity contribution is 0.324. The van der Waals surface area contributed by atoms with E-state index in [1.165, 1.54) is 10.7 Å². The van der Waals surface area contributed by atoms with Gasteiger partial charge in [0.2, 0.25) is 10.0 Å². The van der Waals surface area contributed by atoms with Crippen LogP contribution in [0.1, 0.15) is 31.7 Å². The zero-order valence-electron chi connectivity index (χ0n) is 16.5. The van der Waals surface area contributed by atoms with Gasteiger partial charge < -0.3 is 15.0 Å². The van der Waals surface area contributed by atoms with Gasteiger partial charge in [-0.1, -0.05) is 12.1 Å². The van der Waals surface area contributed by atoms with Gasteiger partial charge in [0, 0.05) is 29.6 Å². The van der Waals surface area contributed by atoms with E-state index in [2.05, 4.69) is 10.6 Å². The largest absolute Gasteiger partial charge is 0.497 e. The molecule has 1 aliphatic heterocycles. The molecular formula is C22H25N3O3S. The predicted octanol–water partition coefficient (Wildman–Crippen LogP) is 4.16. The molecule has 6 nitrogen and oxygen atoms in total. The van der Waals surface area contributed by atoms with Gasteiger partial charge in [-0.3, -0.25) is 4.31 Å². The second kappa shape index (κ2) is 6.69. The zero-order chi connectivity index (χ0) is 20.2. The highest BCUT2D eigenvalue weighted by Gasteiger charge is 2.29. The maximum absolute atomic E-state index is 12.2. The lowest BCUT2D eigenvalue weighted by Gasteiger charge is -2.30. The summed E-state index contributed by atoms with van der Waals surface area (Å²) >= 11 is 0. The molecule has 1 aliphatic carbocycles. The van der Waals surface area contributed by atoms with Crippen molar-refractivity contribution in [3.05, 3.63) is 42.5 Å². The van der Waals surface area contributed by atoms with Crippen molar-refractivity contribution in [2.24, 2.45) is 0 Å². The molecule has 3 aromatic rings. The molecule has 2 aromatic carbocycles. The van der Waals surface area contributed by atoms with E-state index in [-0.39, 0.29) is 5.75 Å². The van der Waals surface area contributed by atoms with Crippen LogP contribution in [-0.4, -0.2) is 32.4 Å². The Kier molecular flexibility index (Phi) is 4.24. The Balaban J connectivity index is 1.64. The number of nitrogen functional groups attached to an aromatic ring is 1. The summed E-state index contributed by atoms with van der Waals surface area (Å²) in [5, 5.41) is 1.03. The molecule has 1 saturated heterocycles. The molecule has 1 aromatic heterocycles. The summed E-state index contributed by atoms with van der Waals surface area (Å²) < 4.78 is 33.7. The third-order valence-electron chi connectivity index (χ3n) is 6.22. The fourth-order valence-electron chi connectivity index (χ4n) is 4.48. The van der Waals surface area contributed by atoms with Gasteiger partial charge in [0.1, 0.15) is 5.75 Å². The van der Waals surface area contributed by atoms with Gasteiger partial charge in [0.15, 0.2) is 0 Å². The minimum absolute atomic E-state index is 0.222. The maximum Gasteiger partial charge on any atom is 0.235 e. The number of rotatable bonds is 4. The number of ether oxygens (including phenoxy) is 1. The van der Waals surface area contributed by atoms with E-state index in [1.54, 1.807) is 7.11 Å². The fraction of sp³-hybridized carbons (Fsp3) is 0.364. The topological polar surface area (TPSA) is 77.6 Å². The molecular weight excluding hydrogens is 386 g/mol. The van der Waals surface area contributed by atoms with E-state index < -0.39 is 10.0 Å². The molecule has 1 saturated carbocycles. The van der Waals surface area contributed by atoms with Crippen LogP contribution in [-0.2, 0) is 10.0 Å². The lowest BCUT2D eigenvalue weighted by Crippen LogP contribution is -2.24. The van der Waals surface area contributed by atoms with Crippen molar-refractivity contribution >= 4 is 32.3 Å². The second-order valence-electron chi connectivity index (χ2n) is 7.89. The van der Waals surface area contributed by atoms with E-state index in [0.29, 0.717) is 19.0 Å². The number of benzene rings is 2. The number of sulfonamides is 1. The van der Waals surface area contributed by atoms with Crippen LogP contribution in [0.3, 0.4) is 0 Å². The second-order valence-corrected chi connectivity index (χ2v) is 9.90. The Labute approximate surface area is 170 Å². The van der Waals surface area contributed by atoms with Crippen LogP contribution in [0.2, 0.25) is 0 Å². The van der Waals surface area contributed by atoms with Crippen LogP contribution in [0.5, 0.6) is 5.75 Å². The molecule has 2 N–H and O–H groups in total. The smallest absolute Gasteiger partial charge is 0.235 e. The molecule has 0 amide bonds. The van der Waals surface area contributed by atoms with Gasteiger partial charge in [-0.2, -0.15) is 0 Å². The van der Waals surface area contributed by atoms with Gasteiger partial charge in [0.05, 0.1) is 35.4 Å². The molecule has 152 valence electrons. The third kappa shape index (κ3) is 2.87. The molecule has 29 heavy (non-hydrogen) atoms.